The van der Waals surface area contributed by atoms with Gasteiger partial charge in [0.05, 0.1) is 25.0 Å². The standard InChI is InChI=1S/C14H16N4O2/c1-20-13-7-3-6-12(17-13)14(19)16-10-8-15-18(9-10)11-4-2-5-11/h3,6-9,11H,2,4-5H2,1H3,(H,16,19). The van der Waals surface area contributed by atoms with Crippen LogP contribution in [0.25, 0.3) is 0 Å². The monoisotopic (exact) mass is 272 g/mol. The van der Waals surface area contributed by atoms with E-state index >= 15 is 0 Å². The molecule has 2 aromatic rings. The van der Waals surface area contributed by atoms with E-state index in [0.29, 0.717) is 23.3 Å². The van der Waals surface area contributed by atoms with E-state index in [4.69, 9.17) is 4.74 Å². The molecule has 1 amide bonds. The fraction of sp³-hybridized carbons (Fsp3) is 0.357. The first kappa shape index (κ1) is 12.7. The van der Waals surface area contributed by atoms with Crippen LogP contribution >= 0.6 is 0 Å². The molecular formula is C14H16N4O2. The number of carbonyl (C=O) groups is 1. The van der Waals surface area contributed by atoms with Crippen molar-refractivity contribution < 1.29 is 9.53 Å². The van der Waals surface area contributed by atoms with E-state index in [1.165, 1.54) is 13.5 Å². The summed E-state index contributed by atoms with van der Waals surface area (Å²) in [7, 11) is 1.52. The zero-order valence-electron chi connectivity index (χ0n) is 11.2. The number of amides is 1. The zero-order chi connectivity index (χ0) is 13.9. The fourth-order valence-electron chi connectivity index (χ4n) is 2.10. The van der Waals surface area contributed by atoms with Crippen LogP contribution < -0.4 is 10.1 Å². The van der Waals surface area contributed by atoms with Crippen LogP contribution in [-0.4, -0.2) is 27.8 Å². The minimum Gasteiger partial charge on any atom is -0.481 e. The van der Waals surface area contributed by atoms with E-state index < -0.39 is 0 Å². The molecule has 0 bridgehead atoms. The Morgan fingerprint density at radius 1 is 1.45 bits per heavy atom. The van der Waals surface area contributed by atoms with Crippen LogP contribution in [-0.2, 0) is 0 Å². The first-order valence-electron chi connectivity index (χ1n) is 6.63. The third-order valence-electron chi connectivity index (χ3n) is 3.47. The van der Waals surface area contributed by atoms with Crippen molar-refractivity contribution in [2.45, 2.75) is 25.3 Å². The molecule has 20 heavy (non-hydrogen) atoms. The summed E-state index contributed by atoms with van der Waals surface area (Å²) in [4.78, 5) is 16.2. The highest BCUT2D eigenvalue weighted by Crippen LogP contribution is 2.31. The van der Waals surface area contributed by atoms with Gasteiger partial charge in [-0.1, -0.05) is 6.07 Å². The van der Waals surface area contributed by atoms with Crippen molar-refractivity contribution >= 4 is 11.6 Å². The lowest BCUT2D eigenvalue weighted by Crippen LogP contribution is -2.17. The topological polar surface area (TPSA) is 69.0 Å². The average molecular weight is 272 g/mol. The van der Waals surface area contributed by atoms with Gasteiger partial charge < -0.3 is 10.1 Å². The summed E-state index contributed by atoms with van der Waals surface area (Å²) in [6, 6.07) is 5.56. The molecule has 1 fully saturated rings. The van der Waals surface area contributed by atoms with Crippen molar-refractivity contribution in [3.63, 3.8) is 0 Å². The molecule has 104 valence electrons. The second-order valence-electron chi connectivity index (χ2n) is 4.81. The maximum Gasteiger partial charge on any atom is 0.274 e. The largest absolute Gasteiger partial charge is 0.481 e. The van der Waals surface area contributed by atoms with Crippen LogP contribution in [0.15, 0.2) is 30.6 Å². The third kappa shape index (κ3) is 2.49. The van der Waals surface area contributed by atoms with E-state index in [9.17, 15) is 4.79 Å². The Balaban J connectivity index is 1.69. The summed E-state index contributed by atoms with van der Waals surface area (Å²) >= 11 is 0. The van der Waals surface area contributed by atoms with E-state index in [0.717, 1.165) is 12.8 Å². The summed E-state index contributed by atoms with van der Waals surface area (Å²) in [6.07, 6.45) is 7.09. The smallest absolute Gasteiger partial charge is 0.274 e. The molecule has 0 saturated heterocycles. The minimum absolute atomic E-state index is 0.267. The van der Waals surface area contributed by atoms with Crippen molar-refractivity contribution in [1.29, 1.82) is 0 Å². The molecule has 0 spiro atoms. The van der Waals surface area contributed by atoms with Crippen LogP contribution in [0.4, 0.5) is 5.69 Å². The highest BCUT2D eigenvalue weighted by atomic mass is 16.5. The minimum atomic E-state index is -0.267. The van der Waals surface area contributed by atoms with E-state index in [1.54, 1.807) is 24.4 Å². The molecule has 0 aliphatic heterocycles. The average Bonchev–Trinajstić information content (AvgIpc) is 2.85. The van der Waals surface area contributed by atoms with Crippen molar-refractivity contribution in [1.82, 2.24) is 14.8 Å². The number of ether oxygens (including phenoxy) is 1. The van der Waals surface area contributed by atoms with Crippen LogP contribution in [0.5, 0.6) is 5.88 Å². The van der Waals surface area contributed by atoms with Crippen molar-refractivity contribution in [3.8, 4) is 5.88 Å². The summed E-state index contributed by atoms with van der Waals surface area (Å²) in [5, 5.41) is 7.07. The Morgan fingerprint density at radius 3 is 3.00 bits per heavy atom. The molecular weight excluding hydrogens is 256 g/mol. The number of aromatic nitrogens is 3. The summed E-state index contributed by atoms with van der Waals surface area (Å²) in [6.45, 7) is 0. The van der Waals surface area contributed by atoms with Crippen molar-refractivity contribution in [2.75, 3.05) is 12.4 Å². The number of anilines is 1. The lowest BCUT2D eigenvalue weighted by atomic mass is 9.93. The van der Waals surface area contributed by atoms with Gasteiger partial charge in [-0.25, -0.2) is 4.98 Å². The highest BCUT2D eigenvalue weighted by molar-refractivity contribution is 6.02. The predicted octanol–water partition coefficient (Wildman–Crippen LogP) is 2.26. The van der Waals surface area contributed by atoms with Gasteiger partial charge >= 0.3 is 0 Å². The lowest BCUT2D eigenvalue weighted by molar-refractivity contribution is 0.102. The maximum absolute atomic E-state index is 12.1. The summed E-state index contributed by atoms with van der Waals surface area (Å²) in [5.41, 5.74) is 1.01. The molecule has 6 heteroatoms. The maximum atomic E-state index is 12.1. The molecule has 1 N–H and O–H groups in total. The summed E-state index contributed by atoms with van der Waals surface area (Å²) in [5.74, 6) is 0.153. The second kappa shape index (κ2) is 5.32. The number of nitrogens with zero attached hydrogens (tertiary/aromatic N) is 3. The Bertz CT molecular complexity index is 619. The van der Waals surface area contributed by atoms with Crippen molar-refractivity contribution in [3.05, 3.63) is 36.3 Å². The number of methoxy groups -OCH3 is 1. The number of rotatable bonds is 4. The van der Waals surface area contributed by atoms with Gasteiger partial charge in [0, 0.05) is 12.3 Å². The van der Waals surface area contributed by atoms with Crippen LogP contribution in [0.3, 0.4) is 0 Å². The zero-order valence-corrected chi connectivity index (χ0v) is 11.2. The van der Waals surface area contributed by atoms with Gasteiger partial charge in [-0.3, -0.25) is 9.48 Å². The molecule has 1 aliphatic carbocycles. The molecule has 2 heterocycles. The molecule has 6 nitrogen and oxygen atoms in total. The Kier molecular flexibility index (Phi) is 3.37. The van der Waals surface area contributed by atoms with E-state index in [-0.39, 0.29) is 5.91 Å². The van der Waals surface area contributed by atoms with Crippen LogP contribution in [0.2, 0.25) is 0 Å². The molecule has 0 radical (unpaired) electrons. The molecule has 0 atom stereocenters. The van der Waals surface area contributed by atoms with Gasteiger partial charge in [0.25, 0.3) is 5.91 Å². The normalized spacial score (nSPS) is 14.7. The van der Waals surface area contributed by atoms with Gasteiger partial charge in [-0.15, -0.1) is 0 Å². The van der Waals surface area contributed by atoms with E-state index in [1.807, 2.05) is 10.9 Å². The van der Waals surface area contributed by atoms with Gasteiger partial charge in [0.1, 0.15) is 5.69 Å². The number of carbonyl (C=O) groups excluding carboxylic acids is 1. The van der Waals surface area contributed by atoms with Gasteiger partial charge in [-0.2, -0.15) is 5.10 Å². The molecule has 3 rings (SSSR count). The van der Waals surface area contributed by atoms with Crippen LogP contribution in [0, 0.1) is 0 Å². The SMILES string of the molecule is COc1cccc(C(=O)Nc2cnn(C3CCC3)c2)n1. The number of hydrogen-bond acceptors (Lipinski definition) is 4. The van der Waals surface area contributed by atoms with E-state index in [2.05, 4.69) is 15.4 Å². The highest BCUT2D eigenvalue weighted by Gasteiger charge is 2.20. The Labute approximate surface area is 116 Å². The Morgan fingerprint density at radius 2 is 2.30 bits per heavy atom. The van der Waals surface area contributed by atoms with Gasteiger partial charge in [0.15, 0.2) is 0 Å². The first-order chi connectivity index (χ1) is 9.76. The molecule has 1 saturated carbocycles. The molecule has 1 aliphatic rings. The van der Waals surface area contributed by atoms with Crippen LogP contribution in [0.1, 0.15) is 35.8 Å². The molecule has 0 aromatic carbocycles. The Hall–Kier alpha value is -2.37. The van der Waals surface area contributed by atoms with Gasteiger partial charge in [-0.05, 0) is 25.3 Å². The number of nitrogens with one attached hydrogen (secondary N) is 1. The quantitative estimate of drug-likeness (QED) is 0.927. The predicted molar refractivity (Wildman–Crippen MR) is 73.9 cm³/mol. The first-order valence-corrected chi connectivity index (χ1v) is 6.63. The number of hydrogen-bond donors (Lipinski definition) is 1. The lowest BCUT2D eigenvalue weighted by Gasteiger charge is -2.25. The van der Waals surface area contributed by atoms with Crippen molar-refractivity contribution in [2.24, 2.45) is 0 Å². The number of pyridine rings is 1. The molecule has 0 unspecified atom stereocenters. The third-order valence-corrected chi connectivity index (χ3v) is 3.47. The summed E-state index contributed by atoms with van der Waals surface area (Å²) < 4.78 is 6.92. The second-order valence-corrected chi connectivity index (χ2v) is 4.81. The van der Waals surface area contributed by atoms with Gasteiger partial charge in [0.2, 0.25) is 5.88 Å². The molecule has 2 aromatic heterocycles. The fourth-order valence-corrected chi connectivity index (χ4v) is 2.10.